The van der Waals surface area contributed by atoms with Crippen LogP contribution in [-0.4, -0.2) is 28.7 Å². The van der Waals surface area contributed by atoms with E-state index in [1.54, 1.807) is 31.5 Å². The lowest BCUT2D eigenvalue weighted by atomic mass is 10.2. The van der Waals surface area contributed by atoms with Gasteiger partial charge in [-0.15, -0.1) is 0 Å². The first-order valence-electron chi connectivity index (χ1n) is 5.60. The Hall–Kier alpha value is -1.77. The quantitative estimate of drug-likeness (QED) is 0.732. The highest BCUT2D eigenvalue weighted by Gasteiger charge is 2.23. The summed E-state index contributed by atoms with van der Waals surface area (Å²) in [6.07, 6.45) is 4.49. The van der Waals surface area contributed by atoms with Crippen molar-refractivity contribution in [2.75, 3.05) is 0 Å². The van der Waals surface area contributed by atoms with Gasteiger partial charge in [0.1, 0.15) is 0 Å². The molecular weight excluding hydrogens is 268 g/mol. The SMILES string of the molecule is CC(NS(=O)(=O)c1[nH]ncc1CO)c1cccnc1. The molecule has 0 bridgehead atoms. The standard InChI is InChI=1S/C11H14N4O3S/c1-8(9-3-2-4-12-5-9)15-19(17,18)11-10(7-16)6-13-14-11/h2-6,8,15-16H,7H2,1H3,(H,13,14). The van der Waals surface area contributed by atoms with Crippen LogP contribution in [0.5, 0.6) is 0 Å². The van der Waals surface area contributed by atoms with Crippen LogP contribution in [0.4, 0.5) is 0 Å². The Kier molecular flexibility index (Phi) is 3.93. The number of hydrogen-bond acceptors (Lipinski definition) is 5. The van der Waals surface area contributed by atoms with E-state index in [0.717, 1.165) is 5.56 Å². The zero-order valence-corrected chi connectivity index (χ0v) is 11.1. The largest absolute Gasteiger partial charge is 0.392 e. The van der Waals surface area contributed by atoms with E-state index >= 15 is 0 Å². The van der Waals surface area contributed by atoms with Gasteiger partial charge in [-0.2, -0.15) is 5.10 Å². The number of sulfonamides is 1. The minimum absolute atomic E-state index is 0.120. The number of aromatic amines is 1. The maximum Gasteiger partial charge on any atom is 0.258 e. The summed E-state index contributed by atoms with van der Waals surface area (Å²) >= 11 is 0. The van der Waals surface area contributed by atoms with Crippen molar-refractivity contribution in [1.29, 1.82) is 0 Å². The second-order valence-corrected chi connectivity index (χ2v) is 5.66. The lowest BCUT2D eigenvalue weighted by Crippen LogP contribution is -2.28. The maximum absolute atomic E-state index is 12.1. The van der Waals surface area contributed by atoms with E-state index in [2.05, 4.69) is 19.9 Å². The maximum atomic E-state index is 12.1. The van der Waals surface area contributed by atoms with Crippen molar-refractivity contribution in [3.05, 3.63) is 41.9 Å². The molecule has 0 aromatic carbocycles. The topological polar surface area (TPSA) is 108 Å². The molecule has 0 amide bonds. The Morgan fingerprint density at radius 3 is 2.89 bits per heavy atom. The van der Waals surface area contributed by atoms with E-state index in [0.29, 0.717) is 0 Å². The molecule has 0 fully saturated rings. The Morgan fingerprint density at radius 2 is 2.26 bits per heavy atom. The van der Waals surface area contributed by atoms with Crippen molar-refractivity contribution in [3.63, 3.8) is 0 Å². The molecule has 0 aliphatic heterocycles. The molecule has 102 valence electrons. The summed E-state index contributed by atoms with van der Waals surface area (Å²) in [7, 11) is -3.76. The summed E-state index contributed by atoms with van der Waals surface area (Å²) in [6.45, 7) is 1.32. The molecule has 0 aliphatic carbocycles. The van der Waals surface area contributed by atoms with Crippen molar-refractivity contribution in [2.24, 2.45) is 0 Å². The smallest absolute Gasteiger partial charge is 0.258 e. The molecule has 1 atom stereocenters. The van der Waals surface area contributed by atoms with Crippen LogP contribution in [0.15, 0.2) is 35.7 Å². The van der Waals surface area contributed by atoms with E-state index in [9.17, 15) is 8.42 Å². The molecule has 0 saturated carbocycles. The highest BCUT2D eigenvalue weighted by Crippen LogP contribution is 2.17. The summed E-state index contributed by atoms with van der Waals surface area (Å²) in [5.74, 6) is 0. The number of aliphatic hydroxyl groups is 1. The first kappa shape index (κ1) is 13.7. The predicted molar refractivity (Wildman–Crippen MR) is 67.5 cm³/mol. The first-order chi connectivity index (χ1) is 9.04. The van der Waals surface area contributed by atoms with Crippen molar-refractivity contribution >= 4 is 10.0 Å². The molecular formula is C11H14N4O3S. The van der Waals surface area contributed by atoms with Crippen molar-refractivity contribution in [2.45, 2.75) is 24.6 Å². The minimum Gasteiger partial charge on any atom is -0.392 e. The number of aromatic nitrogens is 3. The number of aliphatic hydroxyl groups excluding tert-OH is 1. The van der Waals surface area contributed by atoms with Gasteiger partial charge in [0, 0.05) is 24.0 Å². The monoisotopic (exact) mass is 282 g/mol. The predicted octanol–water partition coefficient (Wildman–Crippen LogP) is 0.336. The molecule has 2 heterocycles. The molecule has 0 saturated heterocycles. The highest BCUT2D eigenvalue weighted by atomic mass is 32.2. The van der Waals surface area contributed by atoms with Crippen LogP contribution < -0.4 is 4.72 Å². The molecule has 0 aliphatic rings. The second kappa shape index (κ2) is 5.47. The summed E-state index contributed by atoms with van der Waals surface area (Å²) in [4.78, 5) is 3.94. The van der Waals surface area contributed by atoms with Crippen LogP contribution in [-0.2, 0) is 16.6 Å². The van der Waals surface area contributed by atoms with Crippen LogP contribution in [0, 0.1) is 0 Å². The number of rotatable bonds is 5. The molecule has 3 N–H and O–H groups in total. The molecule has 2 rings (SSSR count). The molecule has 0 spiro atoms. The number of H-pyrrole nitrogens is 1. The lowest BCUT2D eigenvalue weighted by molar-refractivity contribution is 0.278. The van der Waals surface area contributed by atoms with Gasteiger partial charge >= 0.3 is 0 Å². The summed E-state index contributed by atoms with van der Waals surface area (Å²) in [6, 6.07) is 3.07. The third kappa shape index (κ3) is 2.98. The van der Waals surface area contributed by atoms with Crippen molar-refractivity contribution in [3.8, 4) is 0 Å². The van der Waals surface area contributed by atoms with Gasteiger partial charge < -0.3 is 5.11 Å². The molecule has 7 nitrogen and oxygen atoms in total. The number of nitrogens with one attached hydrogen (secondary N) is 2. The Morgan fingerprint density at radius 1 is 1.47 bits per heavy atom. The van der Waals surface area contributed by atoms with Gasteiger partial charge in [-0.1, -0.05) is 6.07 Å². The summed E-state index contributed by atoms with van der Waals surface area (Å²) in [5, 5.41) is 14.9. The van der Waals surface area contributed by atoms with Crippen LogP contribution in [0.25, 0.3) is 0 Å². The van der Waals surface area contributed by atoms with Gasteiger partial charge in [-0.3, -0.25) is 10.1 Å². The minimum atomic E-state index is -3.76. The normalized spacial score (nSPS) is 13.4. The van der Waals surface area contributed by atoms with E-state index in [-0.39, 0.29) is 10.6 Å². The average molecular weight is 282 g/mol. The van der Waals surface area contributed by atoms with Crippen LogP contribution >= 0.6 is 0 Å². The first-order valence-corrected chi connectivity index (χ1v) is 7.08. The van der Waals surface area contributed by atoms with Crippen LogP contribution in [0.1, 0.15) is 24.1 Å². The van der Waals surface area contributed by atoms with Crippen molar-refractivity contribution < 1.29 is 13.5 Å². The fourth-order valence-electron chi connectivity index (χ4n) is 1.64. The average Bonchev–Trinajstić information content (AvgIpc) is 2.88. The molecule has 8 heteroatoms. The van der Waals surface area contributed by atoms with E-state index < -0.39 is 22.7 Å². The van der Waals surface area contributed by atoms with Gasteiger partial charge in [0.15, 0.2) is 5.03 Å². The third-order valence-corrected chi connectivity index (χ3v) is 4.19. The van der Waals surface area contributed by atoms with E-state index in [1.807, 2.05) is 0 Å². The zero-order chi connectivity index (χ0) is 13.9. The van der Waals surface area contributed by atoms with Gasteiger partial charge in [0.25, 0.3) is 10.0 Å². The van der Waals surface area contributed by atoms with Crippen LogP contribution in [0.2, 0.25) is 0 Å². The van der Waals surface area contributed by atoms with Crippen LogP contribution in [0.3, 0.4) is 0 Å². The number of pyridine rings is 1. The fraction of sp³-hybridized carbons (Fsp3) is 0.273. The highest BCUT2D eigenvalue weighted by molar-refractivity contribution is 7.89. The fourth-order valence-corrected chi connectivity index (χ4v) is 2.99. The van der Waals surface area contributed by atoms with Gasteiger partial charge in [-0.25, -0.2) is 13.1 Å². The number of hydrogen-bond donors (Lipinski definition) is 3. The number of nitrogens with zero attached hydrogens (tertiary/aromatic N) is 2. The lowest BCUT2D eigenvalue weighted by Gasteiger charge is -2.13. The summed E-state index contributed by atoms with van der Waals surface area (Å²) in [5.41, 5.74) is 0.974. The second-order valence-electron chi connectivity index (χ2n) is 4.01. The Labute approximate surface area is 110 Å². The van der Waals surface area contributed by atoms with E-state index in [1.165, 1.54) is 6.20 Å². The molecule has 2 aromatic rings. The van der Waals surface area contributed by atoms with Gasteiger partial charge in [0.2, 0.25) is 0 Å². The molecule has 2 aromatic heterocycles. The Bertz CT molecular complexity index is 639. The molecule has 0 radical (unpaired) electrons. The van der Waals surface area contributed by atoms with Gasteiger partial charge in [0.05, 0.1) is 12.8 Å². The zero-order valence-electron chi connectivity index (χ0n) is 10.2. The molecule has 1 unspecified atom stereocenters. The molecule has 19 heavy (non-hydrogen) atoms. The third-order valence-electron chi connectivity index (χ3n) is 2.63. The summed E-state index contributed by atoms with van der Waals surface area (Å²) < 4.78 is 26.8. The van der Waals surface area contributed by atoms with Crippen molar-refractivity contribution in [1.82, 2.24) is 19.9 Å². The van der Waals surface area contributed by atoms with Gasteiger partial charge in [-0.05, 0) is 18.6 Å². The Balaban J connectivity index is 2.23. The van der Waals surface area contributed by atoms with E-state index in [4.69, 9.17) is 5.11 Å².